The van der Waals surface area contributed by atoms with Crippen LogP contribution in [0.2, 0.25) is 0 Å². The van der Waals surface area contributed by atoms with Gasteiger partial charge in [-0.25, -0.2) is 4.39 Å². The maximum absolute atomic E-state index is 15.4. The Hall–Kier alpha value is -1.63. The van der Waals surface area contributed by atoms with Crippen LogP contribution in [0.4, 0.5) is 4.39 Å². The third-order valence-electron chi connectivity index (χ3n) is 11.5. The van der Waals surface area contributed by atoms with Crippen LogP contribution in [0.1, 0.15) is 159 Å². The first-order chi connectivity index (χ1) is 19.6. The van der Waals surface area contributed by atoms with Gasteiger partial charge < -0.3 is 0 Å². The van der Waals surface area contributed by atoms with Crippen LogP contribution in [-0.2, 0) is 0 Å². The van der Waals surface area contributed by atoms with Crippen molar-refractivity contribution in [1.82, 2.24) is 0 Å². The first-order valence-electron chi connectivity index (χ1n) is 17.5. The molecule has 3 aliphatic rings. The van der Waals surface area contributed by atoms with Gasteiger partial charge in [0.15, 0.2) is 0 Å². The fraction of sp³-hybridized carbons (Fsp3) is 0.692. The fourth-order valence-electron chi connectivity index (χ4n) is 8.79. The summed E-state index contributed by atoms with van der Waals surface area (Å²) in [6.45, 7) is 4.61. The SMILES string of the molecule is CCCCCC1CCC(C2CCC(c3ccc(-c4ccc(C5CCC(CCCC)CC5)cc4)c(F)c3)CC2)CC1. The molecule has 0 N–H and O–H groups in total. The molecule has 3 saturated carbocycles. The van der Waals surface area contributed by atoms with Gasteiger partial charge in [0.25, 0.3) is 0 Å². The summed E-state index contributed by atoms with van der Waals surface area (Å²) >= 11 is 0. The van der Waals surface area contributed by atoms with Crippen molar-refractivity contribution in [3.63, 3.8) is 0 Å². The number of halogens is 1. The largest absolute Gasteiger partial charge is 0.206 e. The summed E-state index contributed by atoms with van der Waals surface area (Å²) in [5, 5.41) is 0. The van der Waals surface area contributed by atoms with Gasteiger partial charge >= 0.3 is 0 Å². The molecule has 220 valence electrons. The molecule has 3 fully saturated rings. The average molecular weight is 545 g/mol. The molecular formula is C39H57F. The summed E-state index contributed by atoms with van der Waals surface area (Å²) in [6.07, 6.45) is 26.3. The average Bonchev–Trinajstić information content (AvgIpc) is 3.01. The Kier molecular flexibility index (Phi) is 11.2. The third-order valence-corrected chi connectivity index (χ3v) is 11.5. The van der Waals surface area contributed by atoms with Crippen LogP contribution in [0.15, 0.2) is 42.5 Å². The van der Waals surface area contributed by atoms with Crippen LogP contribution in [0.5, 0.6) is 0 Å². The minimum atomic E-state index is -0.0369. The van der Waals surface area contributed by atoms with Crippen LogP contribution < -0.4 is 0 Å². The van der Waals surface area contributed by atoms with E-state index in [1.807, 2.05) is 6.07 Å². The van der Waals surface area contributed by atoms with Crippen molar-refractivity contribution in [2.24, 2.45) is 23.7 Å². The van der Waals surface area contributed by atoms with Gasteiger partial charge in [-0.15, -0.1) is 0 Å². The molecule has 0 nitrogen and oxygen atoms in total. The van der Waals surface area contributed by atoms with Gasteiger partial charge in [-0.1, -0.05) is 108 Å². The van der Waals surface area contributed by atoms with Crippen molar-refractivity contribution in [3.8, 4) is 11.1 Å². The van der Waals surface area contributed by atoms with Gasteiger partial charge in [-0.3, -0.25) is 0 Å². The molecule has 0 unspecified atom stereocenters. The zero-order valence-corrected chi connectivity index (χ0v) is 25.8. The summed E-state index contributed by atoms with van der Waals surface area (Å²) in [5.41, 5.74) is 4.48. The quantitative estimate of drug-likeness (QED) is 0.247. The number of hydrogen-bond donors (Lipinski definition) is 0. The van der Waals surface area contributed by atoms with E-state index < -0.39 is 0 Å². The lowest BCUT2D eigenvalue weighted by Crippen LogP contribution is -2.25. The Bertz CT molecular complexity index is 998. The van der Waals surface area contributed by atoms with E-state index in [0.29, 0.717) is 11.8 Å². The van der Waals surface area contributed by atoms with Crippen molar-refractivity contribution in [1.29, 1.82) is 0 Å². The number of hydrogen-bond acceptors (Lipinski definition) is 0. The van der Waals surface area contributed by atoms with Crippen molar-refractivity contribution in [2.45, 2.75) is 148 Å². The van der Waals surface area contributed by atoms with E-state index in [-0.39, 0.29) is 5.82 Å². The molecule has 2 aromatic carbocycles. The highest BCUT2D eigenvalue weighted by Gasteiger charge is 2.31. The van der Waals surface area contributed by atoms with Gasteiger partial charge in [-0.2, -0.15) is 0 Å². The molecular weight excluding hydrogens is 487 g/mol. The van der Waals surface area contributed by atoms with Crippen LogP contribution in [0.25, 0.3) is 11.1 Å². The second-order valence-electron chi connectivity index (χ2n) is 14.1. The summed E-state index contributed by atoms with van der Waals surface area (Å²) in [6, 6.07) is 15.0. The highest BCUT2D eigenvalue weighted by atomic mass is 19.1. The maximum Gasteiger partial charge on any atom is 0.131 e. The highest BCUT2D eigenvalue weighted by molar-refractivity contribution is 5.65. The Morgan fingerprint density at radius 3 is 1.65 bits per heavy atom. The minimum absolute atomic E-state index is 0.0369. The second kappa shape index (κ2) is 15.0. The number of benzene rings is 2. The molecule has 0 radical (unpaired) electrons. The molecule has 0 atom stereocenters. The van der Waals surface area contributed by atoms with Gasteiger partial charge in [0.05, 0.1) is 0 Å². The van der Waals surface area contributed by atoms with Gasteiger partial charge in [0.1, 0.15) is 5.82 Å². The van der Waals surface area contributed by atoms with E-state index >= 15 is 4.39 Å². The van der Waals surface area contributed by atoms with Crippen molar-refractivity contribution < 1.29 is 4.39 Å². The standard InChI is InChI=1S/C39H57F/c1-3-5-7-9-30-12-16-31(17-13-30)33-18-20-35(21-19-33)37-26-27-38(39(40)28-37)36-24-22-34(23-25-36)32-14-10-29(11-15-32)8-6-4-2/h22-33,35H,3-21H2,1-2H3. The van der Waals surface area contributed by atoms with Crippen molar-refractivity contribution >= 4 is 0 Å². The molecule has 1 heteroatoms. The summed E-state index contributed by atoms with van der Waals surface area (Å²) in [7, 11) is 0. The Morgan fingerprint density at radius 1 is 0.550 bits per heavy atom. The predicted octanol–water partition coefficient (Wildman–Crippen LogP) is 12.6. The molecule has 0 bridgehead atoms. The molecule has 2 aromatic rings. The van der Waals surface area contributed by atoms with Crippen LogP contribution in [0, 0.1) is 29.5 Å². The highest BCUT2D eigenvalue weighted by Crippen LogP contribution is 2.45. The molecule has 0 spiro atoms. The monoisotopic (exact) mass is 544 g/mol. The molecule has 0 saturated heterocycles. The summed E-state index contributed by atoms with van der Waals surface area (Å²) < 4.78 is 15.4. The van der Waals surface area contributed by atoms with Gasteiger partial charge in [0, 0.05) is 5.56 Å². The normalized spacial score (nSPS) is 29.4. The molecule has 0 aromatic heterocycles. The van der Waals surface area contributed by atoms with Crippen LogP contribution in [-0.4, -0.2) is 0 Å². The Balaban J connectivity index is 1.10. The lowest BCUT2D eigenvalue weighted by molar-refractivity contribution is 0.155. The van der Waals surface area contributed by atoms with Crippen molar-refractivity contribution in [3.05, 3.63) is 59.4 Å². The summed E-state index contributed by atoms with van der Waals surface area (Å²) in [4.78, 5) is 0. The molecule has 0 amide bonds. The van der Waals surface area contributed by atoms with Crippen LogP contribution in [0.3, 0.4) is 0 Å². The van der Waals surface area contributed by atoms with Gasteiger partial charge in [-0.05, 0) is 122 Å². The summed E-state index contributed by atoms with van der Waals surface area (Å²) in [5.74, 6) is 5.02. The van der Waals surface area contributed by atoms with E-state index in [1.165, 1.54) is 133 Å². The Labute approximate surface area is 245 Å². The van der Waals surface area contributed by atoms with E-state index in [1.54, 1.807) is 0 Å². The minimum Gasteiger partial charge on any atom is -0.206 e. The first kappa shape index (κ1) is 29.8. The topological polar surface area (TPSA) is 0 Å². The van der Waals surface area contributed by atoms with Gasteiger partial charge in [0.2, 0.25) is 0 Å². The smallest absolute Gasteiger partial charge is 0.131 e. The van der Waals surface area contributed by atoms with Crippen LogP contribution >= 0.6 is 0 Å². The lowest BCUT2D eigenvalue weighted by atomic mass is 9.68. The molecule has 40 heavy (non-hydrogen) atoms. The Morgan fingerprint density at radius 2 is 1.05 bits per heavy atom. The zero-order valence-electron chi connectivity index (χ0n) is 25.8. The molecule has 3 aliphatic carbocycles. The van der Waals surface area contributed by atoms with E-state index in [4.69, 9.17) is 0 Å². The third kappa shape index (κ3) is 7.80. The molecule has 5 rings (SSSR count). The zero-order chi connectivity index (χ0) is 27.7. The lowest BCUT2D eigenvalue weighted by Gasteiger charge is -2.38. The van der Waals surface area contributed by atoms with E-state index in [0.717, 1.165) is 34.8 Å². The molecule has 0 aliphatic heterocycles. The maximum atomic E-state index is 15.4. The molecule has 0 heterocycles. The number of unbranched alkanes of at least 4 members (excludes halogenated alkanes) is 3. The second-order valence-corrected chi connectivity index (χ2v) is 14.1. The number of rotatable bonds is 11. The van der Waals surface area contributed by atoms with Crippen molar-refractivity contribution in [2.75, 3.05) is 0 Å². The fourth-order valence-corrected chi connectivity index (χ4v) is 8.79. The first-order valence-corrected chi connectivity index (χ1v) is 17.5. The van der Waals surface area contributed by atoms with E-state index in [2.05, 4.69) is 50.2 Å². The van der Waals surface area contributed by atoms with E-state index in [9.17, 15) is 0 Å². The predicted molar refractivity (Wildman–Crippen MR) is 170 cm³/mol.